The zero-order valence-electron chi connectivity index (χ0n) is 11.1. The summed E-state index contributed by atoms with van der Waals surface area (Å²) in [7, 11) is 0. The van der Waals surface area contributed by atoms with Crippen molar-refractivity contribution in [1.82, 2.24) is 4.90 Å². The molecule has 0 aliphatic carbocycles. The van der Waals surface area contributed by atoms with E-state index in [2.05, 4.69) is 12.2 Å². The topological polar surface area (TPSA) is 52.6 Å². The van der Waals surface area contributed by atoms with Gasteiger partial charge in [0.25, 0.3) is 0 Å². The molecule has 1 aromatic rings. The maximum Gasteiger partial charge on any atom is 0.321 e. The normalized spacial score (nSPS) is 19.3. The lowest BCUT2D eigenvalue weighted by molar-refractivity contribution is 0.0883. The van der Waals surface area contributed by atoms with Gasteiger partial charge in [0, 0.05) is 18.0 Å². The monoisotopic (exact) mass is 280 g/mol. The Kier molecular flexibility index (Phi) is 5.10. The Labute approximate surface area is 118 Å². The van der Waals surface area contributed by atoms with E-state index in [9.17, 15) is 9.90 Å². The van der Waals surface area contributed by atoms with Crippen LogP contribution in [0.25, 0.3) is 0 Å². The van der Waals surface area contributed by atoms with E-state index in [1.54, 1.807) is 16.7 Å². The minimum absolute atomic E-state index is 0.122. The summed E-state index contributed by atoms with van der Waals surface area (Å²) in [4.78, 5) is 14.9. The molecule has 1 fully saturated rings. The quantitative estimate of drug-likeness (QED) is 0.837. The first-order valence-corrected chi connectivity index (χ1v) is 7.65. The molecule has 1 aliphatic heterocycles. The van der Waals surface area contributed by atoms with Crippen molar-refractivity contribution in [2.75, 3.05) is 24.2 Å². The minimum atomic E-state index is -0.389. The fourth-order valence-electron chi connectivity index (χ4n) is 2.18. The lowest BCUT2D eigenvalue weighted by atomic mass is 10.1. The molecule has 2 N–H and O–H groups in total. The molecular formula is C14H20N2O2S. The van der Waals surface area contributed by atoms with Crippen molar-refractivity contribution in [3.63, 3.8) is 0 Å². The number of β-amino-alcohol motifs (C(OH)–C–C–N with tert-alkyl or cyclic N) is 1. The first-order chi connectivity index (χ1) is 9.20. The number of anilines is 1. The number of carbonyl (C=O) groups excluding carboxylic acids is 1. The lowest BCUT2D eigenvalue weighted by Gasteiger charge is -2.30. The van der Waals surface area contributed by atoms with Crippen LogP contribution in [0.2, 0.25) is 0 Å². The van der Waals surface area contributed by atoms with E-state index in [0.717, 1.165) is 29.2 Å². The largest absolute Gasteiger partial charge is 0.391 e. The van der Waals surface area contributed by atoms with E-state index in [4.69, 9.17) is 0 Å². The van der Waals surface area contributed by atoms with Crippen molar-refractivity contribution in [1.29, 1.82) is 0 Å². The molecule has 0 saturated carbocycles. The molecular weight excluding hydrogens is 260 g/mol. The summed E-state index contributed by atoms with van der Waals surface area (Å²) in [5.41, 5.74) is 0.847. The van der Waals surface area contributed by atoms with Crippen LogP contribution in [-0.4, -0.2) is 41.0 Å². The van der Waals surface area contributed by atoms with Crippen LogP contribution in [0.4, 0.5) is 10.5 Å². The molecule has 1 aromatic carbocycles. The number of hydrogen-bond acceptors (Lipinski definition) is 3. The number of benzene rings is 1. The van der Waals surface area contributed by atoms with Crippen molar-refractivity contribution >= 4 is 23.5 Å². The highest BCUT2D eigenvalue weighted by atomic mass is 32.2. The van der Waals surface area contributed by atoms with Crippen molar-refractivity contribution in [3.8, 4) is 0 Å². The number of likely N-dealkylation sites (tertiary alicyclic amines) is 1. The van der Waals surface area contributed by atoms with Crippen LogP contribution in [0, 0.1) is 0 Å². The van der Waals surface area contributed by atoms with E-state index < -0.39 is 0 Å². The molecule has 5 heteroatoms. The van der Waals surface area contributed by atoms with Crippen LogP contribution in [-0.2, 0) is 0 Å². The summed E-state index contributed by atoms with van der Waals surface area (Å²) in [6.45, 7) is 3.23. The second-order valence-corrected chi connectivity index (χ2v) is 5.91. The average molecular weight is 280 g/mol. The Morgan fingerprint density at radius 2 is 2.32 bits per heavy atom. The maximum atomic E-state index is 12.2. The zero-order chi connectivity index (χ0) is 13.7. The van der Waals surface area contributed by atoms with Gasteiger partial charge in [0.2, 0.25) is 0 Å². The summed E-state index contributed by atoms with van der Waals surface area (Å²) in [6, 6.07) is 7.69. The Morgan fingerprint density at radius 3 is 3.05 bits per heavy atom. The van der Waals surface area contributed by atoms with Crippen LogP contribution in [0.15, 0.2) is 29.2 Å². The van der Waals surface area contributed by atoms with E-state index in [1.807, 2.05) is 24.3 Å². The fraction of sp³-hybridized carbons (Fsp3) is 0.500. The van der Waals surface area contributed by atoms with Crippen molar-refractivity contribution < 1.29 is 9.90 Å². The lowest BCUT2D eigenvalue weighted by Crippen LogP contribution is -2.44. The third-order valence-corrected chi connectivity index (χ3v) is 4.07. The third kappa shape index (κ3) is 3.88. The Bertz CT molecular complexity index is 439. The predicted molar refractivity (Wildman–Crippen MR) is 78.7 cm³/mol. The summed E-state index contributed by atoms with van der Waals surface area (Å²) in [5, 5.41) is 12.5. The van der Waals surface area contributed by atoms with Gasteiger partial charge in [0.15, 0.2) is 0 Å². The number of aliphatic hydroxyl groups excluding tert-OH is 1. The van der Waals surface area contributed by atoms with Crippen molar-refractivity contribution in [3.05, 3.63) is 24.3 Å². The number of para-hydroxylation sites is 1. The van der Waals surface area contributed by atoms with E-state index >= 15 is 0 Å². The Morgan fingerprint density at radius 1 is 1.53 bits per heavy atom. The molecule has 0 bridgehead atoms. The van der Waals surface area contributed by atoms with E-state index in [1.165, 1.54) is 0 Å². The number of thioether (sulfide) groups is 1. The highest BCUT2D eigenvalue weighted by Crippen LogP contribution is 2.27. The van der Waals surface area contributed by atoms with E-state index in [-0.39, 0.29) is 12.1 Å². The number of piperidine rings is 1. The molecule has 1 atom stereocenters. The van der Waals surface area contributed by atoms with Gasteiger partial charge in [-0.05, 0) is 30.7 Å². The van der Waals surface area contributed by atoms with Gasteiger partial charge in [0.05, 0.1) is 11.8 Å². The van der Waals surface area contributed by atoms with Crippen LogP contribution < -0.4 is 5.32 Å². The highest BCUT2D eigenvalue weighted by molar-refractivity contribution is 7.99. The van der Waals surface area contributed by atoms with Gasteiger partial charge >= 0.3 is 6.03 Å². The Balaban J connectivity index is 2.02. The molecule has 1 heterocycles. The van der Waals surface area contributed by atoms with Crippen molar-refractivity contribution in [2.45, 2.75) is 30.8 Å². The summed E-state index contributed by atoms with van der Waals surface area (Å²) in [5.74, 6) is 0.968. The summed E-state index contributed by atoms with van der Waals surface area (Å²) in [6.07, 6.45) is 1.26. The molecule has 1 saturated heterocycles. The minimum Gasteiger partial charge on any atom is -0.391 e. The highest BCUT2D eigenvalue weighted by Gasteiger charge is 2.22. The molecule has 0 aromatic heterocycles. The van der Waals surface area contributed by atoms with Gasteiger partial charge in [-0.1, -0.05) is 19.1 Å². The average Bonchev–Trinajstić information content (AvgIpc) is 2.41. The first-order valence-electron chi connectivity index (χ1n) is 6.66. The third-order valence-electron chi connectivity index (χ3n) is 3.11. The standard InChI is InChI=1S/C14H20N2O2S/c1-2-19-13-8-4-3-7-12(13)15-14(18)16-9-5-6-11(17)10-16/h3-4,7-8,11,17H,2,5-6,9-10H2,1H3,(H,15,18). The van der Waals surface area contributed by atoms with Crippen LogP contribution in [0.5, 0.6) is 0 Å². The smallest absolute Gasteiger partial charge is 0.321 e. The number of carbonyl (C=O) groups is 1. The maximum absolute atomic E-state index is 12.2. The number of amides is 2. The summed E-state index contributed by atoms with van der Waals surface area (Å²) < 4.78 is 0. The second kappa shape index (κ2) is 6.82. The van der Waals surface area contributed by atoms with Crippen molar-refractivity contribution in [2.24, 2.45) is 0 Å². The van der Waals surface area contributed by atoms with E-state index in [0.29, 0.717) is 13.1 Å². The molecule has 0 spiro atoms. The Hall–Kier alpha value is -1.20. The molecule has 1 unspecified atom stereocenters. The molecule has 104 valence electrons. The van der Waals surface area contributed by atoms with Crippen LogP contribution >= 0.6 is 11.8 Å². The molecule has 4 nitrogen and oxygen atoms in total. The number of hydrogen-bond donors (Lipinski definition) is 2. The molecule has 19 heavy (non-hydrogen) atoms. The van der Waals surface area contributed by atoms with Gasteiger partial charge in [-0.2, -0.15) is 0 Å². The SMILES string of the molecule is CCSc1ccccc1NC(=O)N1CCCC(O)C1. The fourth-order valence-corrected chi connectivity index (χ4v) is 2.95. The zero-order valence-corrected chi connectivity index (χ0v) is 11.9. The summed E-state index contributed by atoms with van der Waals surface area (Å²) >= 11 is 1.71. The number of rotatable bonds is 3. The van der Waals surface area contributed by atoms with Gasteiger partial charge in [-0.25, -0.2) is 4.79 Å². The number of nitrogens with one attached hydrogen (secondary N) is 1. The molecule has 1 aliphatic rings. The van der Waals surface area contributed by atoms with Crippen LogP contribution in [0.3, 0.4) is 0 Å². The molecule has 2 amide bonds. The molecule has 2 rings (SSSR count). The molecule has 0 radical (unpaired) electrons. The van der Waals surface area contributed by atoms with Crippen LogP contribution in [0.1, 0.15) is 19.8 Å². The van der Waals surface area contributed by atoms with Gasteiger partial charge in [-0.3, -0.25) is 0 Å². The number of aliphatic hydroxyl groups is 1. The number of nitrogens with zero attached hydrogens (tertiary/aromatic N) is 1. The second-order valence-electron chi connectivity index (χ2n) is 4.60. The predicted octanol–water partition coefficient (Wildman–Crippen LogP) is 2.79. The first kappa shape index (κ1) is 14.2. The number of urea groups is 1. The van der Waals surface area contributed by atoms with Gasteiger partial charge in [-0.15, -0.1) is 11.8 Å². The van der Waals surface area contributed by atoms with Gasteiger partial charge in [0.1, 0.15) is 0 Å². The van der Waals surface area contributed by atoms with Gasteiger partial charge < -0.3 is 15.3 Å².